The largest absolute Gasteiger partial charge is 0.340 e. The van der Waals surface area contributed by atoms with Crippen molar-refractivity contribution in [3.05, 3.63) is 71.3 Å². The predicted molar refractivity (Wildman–Crippen MR) is 105 cm³/mol. The quantitative estimate of drug-likeness (QED) is 0.827. The molecule has 0 saturated carbocycles. The zero-order chi connectivity index (χ0) is 19.1. The van der Waals surface area contributed by atoms with Crippen molar-refractivity contribution in [1.29, 1.82) is 0 Å². The molecule has 0 saturated heterocycles. The van der Waals surface area contributed by atoms with E-state index in [2.05, 4.69) is 12.2 Å². The Morgan fingerprint density at radius 2 is 1.58 bits per heavy atom. The first-order valence-corrected chi connectivity index (χ1v) is 9.11. The summed E-state index contributed by atoms with van der Waals surface area (Å²) in [6.45, 7) is 6.48. The van der Waals surface area contributed by atoms with Crippen LogP contribution in [0.1, 0.15) is 42.3 Å². The first-order valence-electron chi connectivity index (χ1n) is 9.11. The number of hydrogen-bond donors (Lipinski definition) is 1. The Bertz CT molecular complexity index is 724. The van der Waals surface area contributed by atoms with Gasteiger partial charge in [-0.05, 0) is 35.6 Å². The summed E-state index contributed by atoms with van der Waals surface area (Å²) >= 11 is 0. The van der Waals surface area contributed by atoms with Gasteiger partial charge in [0.05, 0.1) is 0 Å². The molecule has 2 aromatic rings. The van der Waals surface area contributed by atoms with Gasteiger partial charge in [-0.3, -0.25) is 9.59 Å². The number of carbonyl (C=O) groups is 2. The number of nitrogens with zero attached hydrogens (tertiary/aromatic N) is 1. The minimum absolute atomic E-state index is 0.000381. The van der Waals surface area contributed by atoms with Crippen molar-refractivity contribution in [3.63, 3.8) is 0 Å². The minimum Gasteiger partial charge on any atom is -0.340 e. The van der Waals surface area contributed by atoms with E-state index in [9.17, 15) is 9.59 Å². The van der Waals surface area contributed by atoms with Crippen LogP contribution in [0.2, 0.25) is 0 Å². The number of benzene rings is 2. The Morgan fingerprint density at radius 3 is 2.12 bits per heavy atom. The summed E-state index contributed by atoms with van der Waals surface area (Å²) < 4.78 is 0. The number of hydrogen-bond acceptors (Lipinski definition) is 2. The number of rotatable bonds is 7. The molecule has 4 heteroatoms. The molecule has 4 nitrogen and oxygen atoms in total. The van der Waals surface area contributed by atoms with Gasteiger partial charge in [-0.25, -0.2) is 0 Å². The molecule has 2 aromatic carbocycles. The lowest BCUT2D eigenvalue weighted by Gasteiger charge is -2.27. The van der Waals surface area contributed by atoms with Gasteiger partial charge >= 0.3 is 0 Å². The number of likely N-dealkylation sites (N-methyl/N-ethyl adjacent to an activating group) is 1. The number of nitrogens with one attached hydrogen (secondary N) is 1. The highest BCUT2D eigenvalue weighted by Crippen LogP contribution is 2.11. The molecule has 0 bridgehead atoms. The summed E-state index contributed by atoms with van der Waals surface area (Å²) in [6, 6.07) is 16.8. The number of carbonyl (C=O) groups excluding carboxylic acids is 2. The van der Waals surface area contributed by atoms with E-state index in [0.29, 0.717) is 12.1 Å². The second-order valence-corrected chi connectivity index (χ2v) is 6.93. The van der Waals surface area contributed by atoms with Crippen LogP contribution in [0, 0.1) is 5.92 Å². The van der Waals surface area contributed by atoms with Crippen molar-refractivity contribution in [2.24, 2.45) is 5.92 Å². The molecule has 2 rings (SSSR count). The van der Waals surface area contributed by atoms with Crippen molar-refractivity contribution < 1.29 is 9.59 Å². The highest BCUT2D eigenvalue weighted by atomic mass is 16.2. The lowest BCUT2D eigenvalue weighted by molar-refractivity contribution is -0.133. The van der Waals surface area contributed by atoms with Gasteiger partial charge in [0.2, 0.25) is 5.91 Å². The van der Waals surface area contributed by atoms with Gasteiger partial charge in [0, 0.05) is 19.2 Å². The van der Waals surface area contributed by atoms with Gasteiger partial charge in [0.25, 0.3) is 5.91 Å². The Morgan fingerprint density at radius 1 is 0.962 bits per heavy atom. The zero-order valence-corrected chi connectivity index (χ0v) is 16.0. The van der Waals surface area contributed by atoms with Crippen LogP contribution in [0.3, 0.4) is 0 Å². The van der Waals surface area contributed by atoms with Gasteiger partial charge < -0.3 is 10.2 Å². The molecule has 0 heterocycles. The lowest BCUT2D eigenvalue weighted by Crippen LogP contribution is -2.50. The summed E-state index contributed by atoms with van der Waals surface area (Å²) in [5.74, 6) is -0.296. The first kappa shape index (κ1) is 19.7. The van der Waals surface area contributed by atoms with Crippen LogP contribution < -0.4 is 5.32 Å². The molecule has 0 aliphatic rings. The van der Waals surface area contributed by atoms with Gasteiger partial charge in [-0.1, -0.05) is 63.2 Å². The lowest BCUT2D eigenvalue weighted by atomic mass is 10.0. The SMILES string of the molecule is CCc1ccc(C(=O)N[C@H](C(=O)N(C)Cc2ccccc2)C(C)C)cc1. The summed E-state index contributed by atoms with van der Waals surface area (Å²) in [5.41, 5.74) is 2.82. The van der Waals surface area contributed by atoms with Crippen LogP contribution in [0.25, 0.3) is 0 Å². The molecule has 0 unspecified atom stereocenters. The molecular formula is C22H28N2O2. The molecule has 26 heavy (non-hydrogen) atoms. The van der Waals surface area contributed by atoms with E-state index in [1.54, 1.807) is 11.9 Å². The third kappa shape index (κ3) is 5.19. The van der Waals surface area contributed by atoms with Gasteiger partial charge in [0.1, 0.15) is 6.04 Å². The zero-order valence-electron chi connectivity index (χ0n) is 16.0. The van der Waals surface area contributed by atoms with Crippen molar-refractivity contribution in [3.8, 4) is 0 Å². The van der Waals surface area contributed by atoms with E-state index >= 15 is 0 Å². The third-order valence-electron chi connectivity index (χ3n) is 4.48. The van der Waals surface area contributed by atoms with E-state index in [1.807, 2.05) is 68.4 Å². The molecule has 0 aliphatic heterocycles. The molecule has 1 N–H and O–H groups in total. The van der Waals surface area contributed by atoms with E-state index in [4.69, 9.17) is 0 Å². The molecule has 0 radical (unpaired) electrons. The van der Waals surface area contributed by atoms with Crippen LogP contribution in [0.5, 0.6) is 0 Å². The van der Waals surface area contributed by atoms with Crippen LogP contribution in [-0.2, 0) is 17.8 Å². The van der Waals surface area contributed by atoms with Gasteiger partial charge in [-0.15, -0.1) is 0 Å². The topological polar surface area (TPSA) is 49.4 Å². The fourth-order valence-electron chi connectivity index (χ4n) is 2.80. The molecule has 0 aromatic heterocycles. The van der Waals surface area contributed by atoms with E-state index < -0.39 is 6.04 Å². The van der Waals surface area contributed by atoms with E-state index in [0.717, 1.165) is 12.0 Å². The summed E-state index contributed by atoms with van der Waals surface area (Å²) in [7, 11) is 1.77. The van der Waals surface area contributed by atoms with Gasteiger partial charge in [0.15, 0.2) is 0 Å². The summed E-state index contributed by atoms with van der Waals surface area (Å²) in [4.78, 5) is 27.1. The van der Waals surface area contributed by atoms with Crippen molar-refractivity contribution >= 4 is 11.8 Å². The van der Waals surface area contributed by atoms with Gasteiger partial charge in [-0.2, -0.15) is 0 Å². The fraction of sp³-hybridized carbons (Fsp3) is 0.364. The standard InChI is InChI=1S/C22H28N2O2/c1-5-17-11-13-19(14-12-17)21(25)23-20(16(2)3)22(26)24(4)15-18-9-7-6-8-10-18/h6-14,16,20H,5,15H2,1-4H3,(H,23,25)/t20-/m0/s1. The Labute approximate surface area is 156 Å². The molecule has 2 amide bonds. The average Bonchev–Trinajstić information content (AvgIpc) is 2.66. The highest BCUT2D eigenvalue weighted by molar-refractivity contribution is 5.97. The number of aryl methyl sites for hydroxylation is 1. The Kier molecular flexibility index (Phi) is 6.96. The highest BCUT2D eigenvalue weighted by Gasteiger charge is 2.27. The molecule has 0 aliphatic carbocycles. The third-order valence-corrected chi connectivity index (χ3v) is 4.48. The fourth-order valence-corrected chi connectivity index (χ4v) is 2.80. The average molecular weight is 352 g/mol. The Balaban J connectivity index is 2.06. The molecule has 0 spiro atoms. The van der Waals surface area contributed by atoms with Crippen LogP contribution in [0.15, 0.2) is 54.6 Å². The maximum atomic E-state index is 12.9. The molecule has 1 atom stereocenters. The number of amides is 2. The maximum Gasteiger partial charge on any atom is 0.251 e. The molecule has 0 fully saturated rings. The van der Waals surface area contributed by atoms with Crippen molar-refractivity contribution in [2.45, 2.75) is 39.8 Å². The summed E-state index contributed by atoms with van der Waals surface area (Å²) in [6.07, 6.45) is 0.930. The second-order valence-electron chi connectivity index (χ2n) is 6.93. The van der Waals surface area contributed by atoms with E-state index in [-0.39, 0.29) is 17.7 Å². The van der Waals surface area contributed by atoms with E-state index in [1.165, 1.54) is 5.56 Å². The monoisotopic (exact) mass is 352 g/mol. The molecular weight excluding hydrogens is 324 g/mol. The smallest absolute Gasteiger partial charge is 0.251 e. The van der Waals surface area contributed by atoms with Crippen molar-refractivity contribution in [2.75, 3.05) is 7.05 Å². The normalized spacial score (nSPS) is 11.9. The Hall–Kier alpha value is -2.62. The minimum atomic E-state index is -0.554. The first-order chi connectivity index (χ1) is 12.4. The second kappa shape index (κ2) is 9.18. The maximum absolute atomic E-state index is 12.9. The van der Waals surface area contributed by atoms with Crippen LogP contribution in [0.4, 0.5) is 0 Å². The predicted octanol–water partition coefficient (Wildman–Crippen LogP) is 3.66. The van der Waals surface area contributed by atoms with Crippen LogP contribution >= 0.6 is 0 Å². The molecule has 138 valence electrons. The summed E-state index contributed by atoms with van der Waals surface area (Å²) in [5, 5.41) is 2.91. The van der Waals surface area contributed by atoms with Crippen LogP contribution in [-0.4, -0.2) is 29.8 Å². The van der Waals surface area contributed by atoms with Crippen molar-refractivity contribution in [1.82, 2.24) is 10.2 Å².